The number of likely N-dealkylation sites (tertiary alicyclic amines) is 1. The molecule has 5 rings (SSSR count). The number of pyridine rings is 1. The van der Waals surface area contributed by atoms with Crippen molar-refractivity contribution in [2.75, 3.05) is 26.7 Å². The molecule has 1 aromatic heterocycles. The van der Waals surface area contributed by atoms with Gasteiger partial charge in [0.1, 0.15) is 18.0 Å². The van der Waals surface area contributed by atoms with E-state index in [1.807, 2.05) is 76.2 Å². The fourth-order valence-corrected chi connectivity index (χ4v) is 7.78. The van der Waals surface area contributed by atoms with Crippen LogP contribution in [0.1, 0.15) is 62.9 Å². The number of methoxy groups -OCH3 is 1. The molecule has 3 atom stereocenters. The molecule has 3 heterocycles. The first kappa shape index (κ1) is 29.2. The molecule has 41 heavy (non-hydrogen) atoms. The van der Waals surface area contributed by atoms with E-state index < -0.39 is 10.0 Å². The van der Waals surface area contributed by atoms with Crippen molar-refractivity contribution >= 4 is 15.9 Å². The van der Waals surface area contributed by atoms with E-state index in [0.717, 1.165) is 40.9 Å². The molecule has 2 aromatic carbocycles. The van der Waals surface area contributed by atoms with E-state index in [0.29, 0.717) is 36.5 Å². The molecule has 1 amide bonds. The van der Waals surface area contributed by atoms with Gasteiger partial charge in [-0.1, -0.05) is 35.9 Å². The summed E-state index contributed by atoms with van der Waals surface area (Å²) in [5, 5.41) is 0. The first-order valence-electron chi connectivity index (χ1n) is 14.1. The number of aromatic nitrogens is 1. The zero-order chi connectivity index (χ0) is 29.3. The number of amides is 1. The van der Waals surface area contributed by atoms with Crippen LogP contribution in [0.15, 0.2) is 54.6 Å². The molecular formula is C32H39N3O5S. The number of benzene rings is 2. The standard InChI is InChI=1S/C32H39N3O5S/c1-21-11-12-22(2)28(16-21)32(36)34-18-30(39-5)31(19-34)40-26-9-6-8-25(17-26)20-41(37,38)35-15-7-10-29(35)27-14-13-23(3)33-24(27)4/h6,8-9,11-14,16-17,29-31H,7,10,15,18-20H2,1-5H3/t29?,30-,31-/m1/s1. The Labute approximate surface area is 243 Å². The van der Waals surface area contributed by atoms with Gasteiger partial charge < -0.3 is 14.4 Å². The lowest BCUT2D eigenvalue weighted by Crippen LogP contribution is -2.32. The first-order valence-corrected chi connectivity index (χ1v) is 15.7. The minimum Gasteiger partial charge on any atom is -0.486 e. The van der Waals surface area contributed by atoms with Crippen molar-refractivity contribution in [3.8, 4) is 5.75 Å². The molecule has 2 fully saturated rings. The van der Waals surface area contributed by atoms with Crippen molar-refractivity contribution < 1.29 is 22.7 Å². The summed E-state index contributed by atoms with van der Waals surface area (Å²) in [7, 11) is -1.96. The van der Waals surface area contributed by atoms with Gasteiger partial charge in [0.2, 0.25) is 10.0 Å². The Hall–Kier alpha value is -3.27. The number of hydrogen-bond donors (Lipinski definition) is 0. The Morgan fingerprint density at radius 1 is 1.00 bits per heavy atom. The maximum atomic E-state index is 13.6. The number of carbonyl (C=O) groups is 1. The third-order valence-corrected chi connectivity index (χ3v) is 10.00. The van der Waals surface area contributed by atoms with E-state index in [9.17, 15) is 13.2 Å². The van der Waals surface area contributed by atoms with E-state index in [1.165, 1.54) is 0 Å². The van der Waals surface area contributed by atoms with Crippen molar-refractivity contribution in [3.63, 3.8) is 0 Å². The molecule has 218 valence electrons. The lowest BCUT2D eigenvalue weighted by molar-refractivity contribution is 0.0339. The van der Waals surface area contributed by atoms with Gasteiger partial charge in [-0.3, -0.25) is 9.78 Å². The van der Waals surface area contributed by atoms with E-state index in [1.54, 1.807) is 22.4 Å². The number of carbonyl (C=O) groups excluding carboxylic acids is 1. The van der Waals surface area contributed by atoms with Crippen LogP contribution in [0.5, 0.6) is 5.75 Å². The summed E-state index contributed by atoms with van der Waals surface area (Å²) in [6, 6.07) is 16.8. The number of hydrogen-bond acceptors (Lipinski definition) is 6. The summed E-state index contributed by atoms with van der Waals surface area (Å²) in [4.78, 5) is 19.7. The molecular weight excluding hydrogens is 538 g/mol. The lowest BCUT2D eigenvalue weighted by Gasteiger charge is -2.25. The van der Waals surface area contributed by atoms with Crippen LogP contribution >= 0.6 is 0 Å². The van der Waals surface area contributed by atoms with E-state index in [2.05, 4.69) is 4.98 Å². The fourth-order valence-electron chi connectivity index (χ4n) is 6.00. The van der Waals surface area contributed by atoms with Gasteiger partial charge in [0, 0.05) is 30.6 Å². The molecule has 3 aromatic rings. The molecule has 0 radical (unpaired) electrons. The SMILES string of the molecule is CO[C@@H]1CN(C(=O)c2cc(C)ccc2C)C[C@H]1Oc1cccc(CS(=O)(=O)N2CCCC2c2ccc(C)nc2C)c1. The van der Waals surface area contributed by atoms with Crippen molar-refractivity contribution in [1.82, 2.24) is 14.2 Å². The summed E-state index contributed by atoms with van der Waals surface area (Å²) in [6.07, 6.45) is 0.928. The van der Waals surface area contributed by atoms with Crippen molar-refractivity contribution in [2.24, 2.45) is 0 Å². The van der Waals surface area contributed by atoms with Crippen molar-refractivity contribution in [1.29, 1.82) is 0 Å². The van der Waals surface area contributed by atoms with Crippen LogP contribution in [-0.2, 0) is 20.5 Å². The largest absolute Gasteiger partial charge is 0.486 e. The zero-order valence-electron chi connectivity index (χ0n) is 24.5. The Bertz CT molecular complexity index is 1540. The van der Waals surface area contributed by atoms with Crippen LogP contribution in [0.4, 0.5) is 0 Å². The van der Waals surface area contributed by atoms with E-state index in [-0.39, 0.29) is 29.9 Å². The van der Waals surface area contributed by atoms with Gasteiger partial charge >= 0.3 is 0 Å². The fraction of sp³-hybridized carbons (Fsp3) is 0.438. The van der Waals surface area contributed by atoms with E-state index in [4.69, 9.17) is 9.47 Å². The second-order valence-corrected chi connectivity index (χ2v) is 13.2. The lowest BCUT2D eigenvalue weighted by atomic mass is 10.0. The number of aryl methyl sites for hydroxylation is 4. The Morgan fingerprint density at radius 2 is 1.78 bits per heavy atom. The minimum absolute atomic E-state index is 0.0432. The van der Waals surface area contributed by atoms with Gasteiger partial charge in [-0.15, -0.1) is 0 Å². The average Bonchev–Trinajstić information content (AvgIpc) is 3.58. The molecule has 8 nitrogen and oxygen atoms in total. The zero-order valence-corrected chi connectivity index (χ0v) is 25.3. The highest BCUT2D eigenvalue weighted by molar-refractivity contribution is 7.88. The molecule has 0 spiro atoms. The normalized spacial score (nSPS) is 21.4. The summed E-state index contributed by atoms with van der Waals surface area (Å²) in [5.41, 5.74) is 6.08. The highest BCUT2D eigenvalue weighted by Crippen LogP contribution is 2.36. The maximum absolute atomic E-state index is 13.6. The molecule has 0 N–H and O–H groups in total. The topological polar surface area (TPSA) is 89.0 Å². The van der Waals surface area contributed by atoms with Crippen molar-refractivity contribution in [3.05, 3.63) is 93.8 Å². The van der Waals surface area contributed by atoms with Crippen LogP contribution < -0.4 is 4.74 Å². The molecule has 2 aliphatic heterocycles. The highest BCUT2D eigenvalue weighted by Gasteiger charge is 2.38. The second-order valence-electron chi connectivity index (χ2n) is 11.3. The smallest absolute Gasteiger partial charge is 0.254 e. The average molecular weight is 578 g/mol. The molecule has 9 heteroatoms. The summed E-state index contributed by atoms with van der Waals surface area (Å²) < 4.78 is 40.9. The second kappa shape index (κ2) is 11.9. The molecule has 0 saturated carbocycles. The van der Waals surface area contributed by atoms with Gasteiger partial charge in [-0.2, -0.15) is 4.31 Å². The van der Waals surface area contributed by atoms with Gasteiger partial charge in [-0.25, -0.2) is 8.42 Å². The molecule has 2 saturated heterocycles. The Balaban J connectivity index is 1.29. The predicted molar refractivity (Wildman–Crippen MR) is 158 cm³/mol. The predicted octanol–water partition coefficient (Wildman–Crippen LogP) is 4.90. The van der Waals surface area contributed by atoms with Crippen LogP contribution in [0.2, 0.25) is 0 Å². The number of rotatable bonds is 8. The Morgan fingerprint density at radius 3 is 2.54 bits per heavy atom. The maximum Gasteiger partial charge on any atom is 0.254 e. The quantitative estimate of drug-likeness (QED) is 0.378. The van der Waals surface area contributed by atoms with Gasteiger partial charge in [-0.05, 0) is 81.5 Å². The molecule has 2 aliphatic rings. The first-order chi connectivity index (χ1) is 19.6. The molecule has 0 bridgehead atoms. The van der Waals surface area contributed by atoms with E-state index >= 15 is 0 Å². The Kier molecular flexibility index (Phi) is 8.50. The van der Waals surface area contributed by atoms with Crippen LogP contribution in [0.3, 0.4) is 0 Å². The summed E-state index contributed by atoms with van der Waals surface area (Å²) in [5.74, 6) is 0.398. The highest BCUT2D eigenvalue weighted by atomic mass is 32.2. The third-order valence-electron chi connectivity index (χ3n) is 8.15. The van der Waals surface area contributed by atoms with Crippen LogP contribution in [-0.4, -0.2) is 67.5 Å². The monoisotopic (exact) mass is 577 g/mol. The van der Waals surface area contributed by atoms with Crippen LogP contribution in [0.25, 0.3) is 0 Å². The summed E-state index contributed by atoms with van der Waals surface area (Å²) in [6.45, 7) is 9.10. The third kappa shape index (κ3) is 6.32. The van der Waals surface area contributed by atoms with Gasteiger partial charge in [0.25, 0.3) is 5.91 Å². The molecule has 1 unspecified atom stereocenters. The van der Waals surface area contributed by atoms with Gasteiger partial charge in [0.15, 0.2) is 0 Å². The summed E-state index contributed by atoms with van der Waals surface area (Å²) >= 11 is 0. The van der Waals surface area contributed by atoms with Gasteiger partial charge in [0.05, 0.1) is 24.9 Å². The minimum atomic E-state index is -3.58. The molecule has 0 aliphatic carbocycles. The number of sulfonamides is 1. The number of nitrogens with zero attached hydrogens (tertiary/aromatic N) is 3. The van der Waals surface area contributed by atoms with Crippen molar-refractivity contribution in [2.45, 2.75) is 64.5 Å². The number of ether oxygens (including phenoxy) is 2. The van der Waals surface area contributed by atoms with Crippen LogP contribution in [0, 0.1) is 27.7 Å².